The van der Waals surface area contributed by atoms with Gasteiger partial charge in [0, 0.05) is 23.0 Å². The van der Waals surface area contributed by atoms with Crippen LogP contribution in [0.5, 0.6) is 5.75 Å². The van der Waals surface area contributed by atoms with Crippen LogP contribution in [-0.2, 0) is 4.79 Å². The largest absolute Gasteiger partial charge is 0.482 e. The third-order valence-electron chi connectivity index (χ3n) is 7.54. The number of ether oxygens (including phenoxy) is 1. The molecule has 1 aliphatic rings. The molecule has 4 N–H and O–H groups in total. The molecule has 12 nitrogen and oxygen atoms in total. The fraction of sp³-hybridized carbons (Fsp3) is 0.182. The minimum atomic E-state index is -4.65. The average Bonchev–Trinajstić information content (AvgIpc) is 3.47. The molecule has 17 heteroatoms. The minimum absolute atomic E-state index is 0.0184. The molecule has 0 bridgehead atoms. The van der Waals surface area contributed by atoms with Gasteiger partial charge < -0.3 is 30.7 Å². The van der Waals surface area contributed by atoms with Gasteiger partial charge in [0.05, 0.1) is 18.8 Å². The van der Waals surface area contributed by atoms with Crippen molar-refractivity contribution >= 4 is 40.9 Å². The molecule has 3 aromatic carbocycles. The maximum absolute atomic E-state index is 13.4. The van der Waals surface area contributed by atoms with Gasteiger partial charge in [0.15, 0.2) is 12.3 Å². The van der Waals surface area contributed by atoms with Crippen LogP contribution < -0.4 is 20.7 Å². The number of pyridine rings is 1. The van der Waals surface area contributed by atoms with E-state index < -0.39 is 48.7 Å². The van der Waals surface area contributed by atoms with Crippen molar-refractivity contribution in [3.63, 3.8) is 0 Å². The van der Waals surface area contributed by atoms with Crippen LogP contribution >= 0.6 is 0 Å². The average molecular weight is 696 g/mol. The summed E-state index contributed by atoms with van der Waals surface area (Å²) in [5.41, 5.74) is 2.48. The topological polar surface area (TPSA) is 150 Å². The summed E-state index contributed by atoms with van der Waals surface area (Å²) >= 11 is 0. The van der Waals surface area contributed by atoms with Crippen molar-refractivity contribution in [2.24, 2.45) is 0 Å². The zero-order valence-corrected chi connectivity index (χ0v) is 25.6. The fourth-order valence-electron chi connectivity index (χ4n) is 5.08. The first-order valence-electron chi connectivity index (χ1n) is 14.9. The van der Waals surface area contributed by atoms with Crippen LogP contribution in [0.15, 0.2) is 85.1 Å². The Labute approximate surface area is 279 Å². The molecule has 258 valence electrons. The second-order valence-corrected chi connectivity index (χ2v) is 11.2. The molecule has 0 aliphatic carbocycles. The molecule has 2 aromatic heterocycles. The van der Waals surface area contributed by atoms with Crippen LogP contribution in [0, 0.1) is 5.82 Å². The highest BCUT2D eigenvalue weighted by Gasteiger charge is 2.32. The molecule has 1 saturated heterocycles. The number of hydrogen-bond acceptors (Lipinski definition) is 7. The van der Waals surface area contributed by atoms with Gasteiger partial charge in [-0.1, -0.05) is 24.3 Å². The van der Waals surface area contributed by atoms with Crippen molar-refractivity contribution in [3.05, 3.63) is 102 Å². The van der Waals surface area contributed by atoms with E-state index in [1.807, 2.05) is 0 Å². The van der Waals surface area contributed by atoms with Crippen LogP contribution in [0.2, 0.25) is 0 Å². The minimum Gasteiger partial charge on any atom is -0.482 e. The number of carbonyl (C=O) groups is 3. The second kappa shape index (κ2) is 13.7. The van der Waals surface area contributed by atoms with E-state index in [2.05, 4.69) is 26.0 Å². The number of amides is 3. The van der Waals surface area contributed by atoms with Crippen molar-refractivity contribution in [2.75, 3.05) is 30.3 Å². The normalized spacial score (nSPS) is 13.7. The summed E-state index contributed by atoms with van der Waals surface area (Å²) in [5, 5.41) is 21.1. The smallest absolute Gasteiger partial charge is 0.422 e. The predicted octanol–water partition coefficient (Wildman–Crippen LogP) is 5.96. The zero-order chi connectivity index (χ0) is 35.6. The Hall–Kier alpha value is -6.26. The number of benzene rings is 3. The molecule has 0 unspecified atom stereocenters. The van der Waals surface area contributed by atoms with Gasteiger partial charge in [-0.3, -0.25) is 9.59 Å². The maximum Gasteiger partial charge on any atom is 0.422 e. The lowest BCUT2D eigenvalue weighted by atomic mass is 10.1. The Morgan fingerprint density at radius 1 is 0.960 bits per heavy atom. The molecule has 1 aliphatic heterocycles. The third kappa shape index (κ3) is 7.88. The first-order chi connectivity index (χ1) is 23.8. The monoisotopic (exact) mass is 695 g/mol. The highest BCUT2D eigenvalue weighted by molar-refractivity contribution is 5.97. The molecule has 3 heterocycles. The number of nitrogens with one attached hydrogen (secondary N) is 3. The van der Waals surface area contributed by atoms with Gasteiger partial charge in [0.1, 0.15) is 23.8 Å². The predicted molar refractivity (Wildman–Crippen MR) is 169 cm³/mol. The van der Waals surface area contributed by atoms with Crippen LogP contribution in [0.4, 0.5) is 44.1 Å². The van der Waals surface area contributed by atoms with Gasteiger partial charge >= 0.3 is 12.3 Å². The number of halogens is 5. The van der Waals surface area contributed by atoms with Gasteiger partial charge in [-0.2, -0.15) is 18.2 Å². The van der Waals surface area contributed by atoms with Crippen molar-refractivity contribution in [1.82, 2.24) is 24.8 Å². The SMILES string of the molecule is O=C(O)N[C@@H](C(=O)Nc1ccc(-c2ccc3nc(Nc4ccc(C(=O)N5CC(F)C5)cc4OCC(F)(F)F)nn3c2)cc1)c1ccc(F)cc1. The van der Waals surface area contributed by atoms with E-state index in [0.29, 0.717) is 22.5 Å². The van der Waals surface area contributed by atoms with Crippen molar-refractivity contribution in [2.45, 2.75) is 18.4 Å². The lowest BCUT2D eigenvalue weighted by Crippen LogP contribution is -2.51. The van der Waals surface area contributed by atoms with Crippen molar-refractivity contribution < 1.29 is 46.2 Å². The first-order valence-corrected chi connectivity index (χ1v) is 14.9. The lowest BCUT2D eigenvalue weighted by Gasteiger charge is -2.34. The molecule has 0 spiro atoms. The summed E-state index contributed by atoms with van der Waals surface area (Å²) < 4.78 is 72.0. The third-order valence-corrected chi connectivity index (χ3v) is 7.54. The quantitative estimate of drug-likeness (QED) is 0.131. The van der Waals surface area contributed by atoms with Gasteiger partial charge in [-0.05, 0) is 65.7 Å². The molecular formula is C33H26F5N7O5. The Morgan fingerprint density at radius 3 is 2.32 bits per heavy atom. The number of aromatic nitrogens is 3. The number of carbonyl (C=O) groups excluding carboxylic acids is 2. The molecule has 0 radical (unpaired) electrons. The molecule has 0 saturated carbocycles. The Morgan fingerprint density at radius 2 is 1.66 bits per heavy atom. The van der Waals surface area contributed by atoms with Crippen molar-refractivity contribution in [1.29, 1.82) is 0 Å². The lowest BCUT2D eigenvalue weighted by molar-refractivity contribution is -0.153. The Bertz CT molecular complexity index is 2050. The highest BCUT2D eigenvalue weighted by Crippen LogP contribution is 2.32. The number of alkyl halides is 4. The Kier molecular flexibility index (Phi) is 9.21. The van der Waals surface area contributed by atoms with E-state index in [1.54, 1.807) is 42.6 Å². The summed E-state index contributed by atoms with van der Waals surface area (Å²) in [6.07, 6.45) is -5.59. The first kappa shape index (κ1) is 33.6. The summed E-state index contributed by atoms with van der Waals surface area (Å²) in [4.78, 5) is 42.4. The standard InChI is InChI=1S/C33H26F5N7O5/c34-22-7-1-19(2-8-22)28(42-32(48)49)29(46)39-24-9-3-18(4-10-24)21-6-12-27-41-31(43-45(27)14-21)40-25-11-5-20(30(47)44-15-23(35)16-44)13-26(25)50-17-33(36,37)38/h1-14,23,28,42H,15-17H2,(H,39,46)(H,40,43)(H,48,49)/t28-/m1/s1. The number of fused-ring (bicyclic) bond motifs is 1. The van der Waals surface area contributed by atoms with Crippen LogP contribution in [0.1, 0.15) is 22.0 Å². The van der Waals surface area contributed by atoms with E-state index >= 15 is 0 Å². The van der Waals surface area contributed by atoms with Gasteiger partial charge in [-0.25, -0.2) is 18.1 Å². The summed E-state index contributed by atoms with van der Waals surface area (Å²) in [7, 11) is 0. The van der Waals surface area contributed by atoms with Crippen LogP contribution in [-0.4, -0.2) is 74.6 Å². The highest BCUT2D eigenvalue weighted by atomic mass is 19.4. The zero-order valence-electron chi connectivity index (χ0n) is 25.6. The molecule has 50 heavy (non-hydrogen) atoms. The van der Waals surface area contributed by atoms with Gasteiger partial charge in [0.2, 0.25) is 5.95 Å². The number of nitrogens with zero attached hydrogens (tertiary/aromatic N) is 4. The Balaban J connectivity index is 1.17. The van der Waals surface area contributed by atoms with Gasteiger partial charge in [-0.15, -0.1) is 5.10 Å². The van der Waals surface area contributed by atoms with E-state index in [4.69, 9.17) is 4.74 Å². The molecule has 6 rings (SSSR count). The molecular weight excluding hydrogens is 669 g/mol. The number of likely N-dealkylation sites (tertiary alicyclic amines) is 1. The summed E-state index contributed by atoms with van der Waals surface area (Å²) in [6, 6.07) is 17.4. The molecule has 5 aromatic rings. The van der Waals surface area contributed by atoms with Crippen LogP contribution in [0.25, 0.3) is 16.8 Å². The van der Waals surface area contributed by atoms with E-state index in [-0.39, 0.29) is 41.6 Å². The number of rotatable bonds is 10. The summed E-state index contributed by atoms with van der Waals surface area (Å²) in [6.45, 7) is -1.82. The number of hydrogen-bond donors (Lipinski definition) is 4. The second-order valence-electron chi connectivity index (χ2n) is 11.2. The number of carboxylic acid groups (broad SMARTS) is 1. The van der Waals surface area contributed by atoms with Crippen LogP contribution in [0.3, 0.4) is 0 Å². The van der Waals surface area contributed by atoms with E-state index in [1.165, 1.54) is 33.7 Å². The van der Waals surface area contributed by atoms with E-state index in [0.717, 1.165) is 18.2 Å². The maximum atomic E-state index is 13.4. The molecule has 1 atom stereocenters. The fourth-order valence-corrected chi connectivity index (χ4v) is 5.08. The number of anilines is 3. The molecule has 1 fully saturated rings. The molecule has 3 amide bonds. The van der Waals surface area contributed by atoms with Gasteiger partial charge in [0.25, 0.3) is 11.8 Å². The van der Waals surface area contributed by atoms with E-state index in [9.17, 15) is 41.4 Å². The van der Waals surface area contributed by atoms with Crippen molar-refractivity contribution in [3.8, 4) is 16.9 Å². The summed E-state index contributed by atoms with van der Waals surface area (Å²) in [5.74, 6) is -2.03.